The molecule has 1 N–H and O–H groups in total. The number of rotatable bonds is 6. The zero-order valence-electron chi connectivity index (χ0n) is 10.8. The summed E-state index contributed by atoms with van der Waals surface area (Å²) in [5, 5.41) is 10.7. The summed E-state index contributed by atoms with van der Waals surface area (Å²) >= 11 is 1.71. The van der Waals surface area contributed by atoms with Crippen molar-refractivity contribution in [2.75, 3.05) is 20.0 Å². The smallest absolute Gasteiger partial charge is 0.128 e. The van der Waals surface area contributed by atoms with Gasteiger partial charge in [0, 0.05) is 5.75 Å². The first kappa shape index (κ1) is 14.2. The molecule has 0 aliphatic heterocycles. The van der Waals surface area contributed by atoms with Crippen LogP contribution in [0.1, 0.15) is 25.5 Å². The summed E-state index contributed by atoms with van der Waals surface area (Å²) in [6.07, 6.45) is -0.575. The minimum absolute atomic E-state index is 0.491. The lowest BCUT2D eigenvalue weighted by molar-refractivity contribution is 0.193. The molecule has 96 valence electrons. The van der Waals surface area contributed by atoms with E-state index in [-0.39, 0.29) is 0 Å². The Kier molecular flexibility index (Phi) is 5.65. The summed E-state index contributed by atoms with van der Waals surface area (Å²) < 4.78 is 10.5. The number of hydrogen-bond acceptors (Lipinski definition) is 4. The van der Waals surface area contributed by atoms with Crippen molar-refractivity contribution < 1.29 is 14.6 Å². The maximum absolute atomic E-state index is 10.2. The maximum Gasteiger partial charge on any atom is 0.128 e. The summed E-state index contributed by atoms with van der Waals surface area (Å²) in [7, 11) is 3.20. The van der Waals surface area contributed by atoms with Gasteiger partial charge in [-0.15, -0.1) is 0 Å². The van der Waals surface area contributed by atoms with Crippen molar-refractivity contribution in [2.24, 2.45) is 0 Å². The Morgan fingerprint density at radius 1 is 1.18 bits per heavy atom. The van der Waals surface area contributed by atoms with Crippen LogP contribution < -0.4 is 9.47 Å². The lowest BCUT2D eigenvalue weighted by Gasteiger charge is -2.18. The fourth-order valence-corrected chi connectivity index (χ4v) is 2.31. The number of methoxy groups -OCH3 is 2. The molecule has 1 unspecified atom stereocenters. The summed E-state index contributed by atoms with van der Waals surface area (Å²) in [6.45, 7) is 4.22. The molecule has 1 rings (SSSR count). The van der Waals surface area contributed by atoms with E-state index in [0.717, 1.165) is 5.56 Å². The highest BCUT2D eigenvalue weighted by Crippen LogP contribution is 2.35. The van der Waals surface area contributed by atoms with E-state index < -0.39 is 6.10 Å². The van der Waals surface area contributed by atoms with E-state index >= 15 is 0 Å². The molecule has 0 heterocycles. The number of aliphatic hydroxyl groups excluding tert-OH is 1. The maximum atomic E-state index is 10.2. The van der Waals surface area contributed by atoms with Crippen molar-refractivity contribution in [1.29, 1.82) is 0 Å². The average Bonchev–Trinajstić information content (AvgIpc) is 2.34. The fraction of sp³-hybridized carbons (Fsp3) is 0.538. The number of ether oxygens (including phenoxy) is 2. The van der Waals surface area contributed by atoms with Gasteiger partial charge < -0.3 is 14.6 Å². The van der Waals surface area contributed by atoms with E-state index in [9.17, 15) is 5.11 Å². The Labute approximate surface area is 107 Å². The third-order valence-electron chi connectivity index (χ3n) is 2.39. The minimum Gasteiger partial charge on any atom is -0.496 e. The second kappa shape index (κ2) is 6.77. The molecule has 0 aromatic heterocycles. The molecule has 0 saturated heterocycles. The molecule has 0 aliphatic rings. The summed E-state index contributed by atoms with van der Waals surface area (Å²) in [5.41, 5.74) is 0.727. The molecule has 1 aromatic carbocycles. The van der Waals surface area contributed by atoms with Crippen molar-refractivity contribution >= 4 is 11.8 Å². The largest absolute Gasteiger partial charge is 0.496 e. The lowest BCUT2D eigenvalue weighted by Crippen LogP contribution is -2.07. The van der Waals surface area contributed by atoms with E-state index in [1.54, 1.807) is 26.0 Å². The summed E-state index contributed by atoms with van der Waals surface area (Å²) in [5.74, 6) is 1.97. The van der Waals surface area contributed by atoms with Gasteiger partial charge in [0.2, 0.25) is 0 Å². The van der Waals surface area contributed by atoms with Crippen LogP contribution in [0.2, 0.25) is 0 Å². The lowest BCUT2D eigenvalue weighted by atomic mass is 10.1. The van der Waals surface area contributed by atoms with E-state index in [4.69, 9.17) is 9.47 Å². The predicted octanol–water partition coefficient (Wildman–Crippen LogP) is 2.88. The highest BCUT2D eigenvalue weighted by atomic mass is 32.2. The van der Waals surface area contributed by atoms with Crippen LogP contribution in [0.4, 0.5) is 0 Å². The number of benzene rings is 1. The van der Waals surface area contributed by atoms with E-state index in [1.807, 2.05) is 18.2 Å². The first-order valence-corrected chi connectivity index (χ1v) is 6.65. The Morgan fingerprint density at radius 3 is 2.12 bits per heavy atom. The monoisotopic (exact) mass is 256 g/mol. The molecule has 0 aliphatic carbocycles. The first-order chi connectivity index (χ1) is 8.10. The van der Waals surface area contributed by atoms with Gasteiger partial charge in [-0.25, -0.2) is 0 Å². The van der Waals surface area contributed by atoms with Gasteiger partial charge in [0.25, 0.3) is 0 Å². The van der Waals surface area contributed by atoms with Gasteiger partial charge in [-0.3, -0.25) is 0 Å². The van der Waals surface area contributed by atoms with Gasteiger partial charge in [0.15, 0.2) is 0 Å². The highest BCUT2D eigenvalue weighted by Gasteiger charge is 2.18. The second-order valence-electron chi connectivity index (χ2n) is 3.97. The van der Waals surface area contributed by atoms with E-state index in [0.29, 0.717) is 22.5 Å². The quantitative estimate of drug-likeness (QED) is 0.849. The van der Waals surface area contributed by atoms with Gasteiger partial charge >= 0.3 is 0 Å². The van der Waals surface area contributed by atoms with Crippen molar-refractivity contribution in [2.45, 2.75) is 25.2 Å². The van der Waals surface area contributed by atoms with Crippen LogP contribution in [0, 0.1) is 0 Å². The van der Waals surface area contributed by atoms with Crippen LogP contribution in [0.25, 0.3) is 0 Å². The second-order valence-corrected chi connectivity index (χ2v) is 5.58. The Balaban J connectivity index is 2.92. The molecule has 4 heteroatoms. The van der Waals surface area contributed by atoms with Crippen molar-refractivity contribution in [3.8, 4) is 11.5 Å². The van der Waals surface area contributed by atoms with E-state index in [2.05, 4.69) is 13.8 Å². The molecular formula is C13H20O3S. The SMILES string of the molecule is COc1cccc(OC)c1C(O)CSC(C)C. The topological polar surface area (TPSA) is 38.7 Å². The van der Waals surface area contributed by atoms with Crippen LogP contribution in [0.5, 0.6) is 11.5 Å². The van der Waals surface area contributed by atoms with Crippen LogP contribution in [-0.4, -0.2) is 30.3 Å². The van der Waals surface area contributed by atoms with Crippen molar-refractivity contribution in [3.05, 3.63) is 23.8 Å². The molecule has 0 bridgehead atoms. The zero-order valence-corrected chi connectivity index (χ0v) is 11.6. The van der Waals surface area contributed by atoms with Gasteiger partial charge in [-0.05, 0) is 17.4 Å². The molecule has 0 spiro atoms. The number of hydrogen-bond donors (Lipinski definition) is 1. The number of thioether (sulfide) groups is 1. The fourth-order valence-electron chi connectivity index (χ4n) is 1.58. The van der Waals surface area contributed by atoms with Gasteiger partial charge in [0.05, 0.1) is 25.9 Å². The molecule has 0 fully saturated rings. The molecular weight excluding hydrogens is 236 g/mol. The molecule has 3 nitrogen and oxygen atoms in total. The van der Waals surface area contributed by atoms with Crippen molar-refractivity contribution in [3.63, 3.8) is 0 Å². The predicted molar refractivity (Wildman–Crippen MR) is 72.1 cm³/mol. The van der Waals surface area contributed by atoms with Crippen LogP contribution in [0.3, 0.4) is 0 Å². The third kappa shape index (κ3) is 3.82. The van der Waals surface area contributed by atoms with Crippen LogP contribution >= 0.6 is 11.8 Å². The Hall–Kier alpha value is -0.870. The molecule has 1 aromatic rings. The number of aliphatic hydroxyl groups is 1. The third-order valence-corrected chi connectivity index (χ3v) is 3.56. The van der Waals surface area contributed by atoms with E-state index in [1.165, 1.54) is 0 Å². The van der Waals surface area contributed by atoms with Crippen LogP contribution in [-0.2, 0) is 0 Å². The molecule has 0 saturated carbocycles. The minimum atomic E-state index is -0.575. The average molecular weight is 256 g/mol. The molecule has 17 heavy (non-hydrogen) atoms. The van der Waals surface area contributed by atoms with Gasteiger partial charge in [0.1, 0.15) is 11.5 Å². The molecule has 0 amide bonds. The van der Waals surface area contributed by atoms with Gasteiger partial charge in [-0.1, -0.05) is 19.9 Å². The normalized spacial score (nSPS) is 12.6. The Morgan fingerprint density at radius 2 is 1.71 bits per heavy atom. The summed E-state index contributed by atoms with van der Waals surface area (Å²) in [4.78, 5) is 0. The Bertz CT molecular complexity index is 330. The molecule has 1 atom stereocenters. The molecule has 0 radical (unpaired) electrons. The van der Waals surface area contributed by atoms with Crippen LogP contribution in [0.15, 0.2) is 18.2 Å². The van der Waals surface area contributed by atoms with Crippen molar-refractivity contribution in [1.82, 2.24) is 0 Å². The standard InChI is InChI=1S/C13H20O3S/c1-9(2)17-8-10(14)13-11(15-3)6-5-7-12(13)16-4/h5-7,9-10,14H,8H2,1-4H3. The summed E-state index contributed by atoms with van der Waals surface area (Å²) in [6, 6.07) is 5.52. The highest BCUT2D eigenvalue weighted by molar-refractivity contribution is 7.99. The first-order valence-electron chi connectivity index (χ1n) is 5.60. The van der Waals surface area contributed by atoms with Gasteiger partial charge in [-0.2, -0.15) is 11.8 Å². The zero-order chi connectivity index (χ0) is 12.8.